The highest BCUT2D eigenvalue weighted by Crippen LogP contribution is 2.29. The van der Waals surface area contributed by atoms with Gasteiger partial charge in [0.15, 0.2) is 0 Å². The van der Waals surface area contributed by atoms with Gasteiger partial charge in [-0.2, -0.15) is 4.31 Å². The van der Waals surface area contributed by atoms with E-state index in [0.29, 0.717) is 30.1 Å². The third kappa shape index (κ3) is 3.52. The van der Waals surface area contributed by atoms with Crippen molar-refractivity contribution in [3.05, 3.63) is 69.6 Å². The van der Waals surface area contributed by atoms with Crippen molar-refractivity contribution in [3.63, 3.8) is 0 Å². The average Bonchev–Trinajstić information content (AvgIpc) is 3.43. The van der Waals surface area contributed by atoms with Crippen LogP contribution >= 0.6 is 0 Å². The molecule has 1 N–H and O–H groups in total. The zero-order chi connectivity index (χ0) is 20.7. The van der Waals surface area contributed by atoms with Crippen molar-refractivity contribution in [2.75, 3.05) is 18.4 Å². The molecule has 6 nitrogen and oxygen atoms in total. The zero-order valence-corrected chi connectivity index (χ0v) is 17.5. The lowest BCUT2D eigenvalue weighted by Gasteiger charge is -2.16. The number of nitrogens with zero attached hydrogens (tertiary/aromatic N) is 1. The van der Waals surface area contributed by atoms with E-state index in [1.165, 1.54) is 17.2 Å². The summed E-state index contributed by atoms with van der Waals surface area (Å²) in [5.41, 5.74) is 4.55. The second-order valence-electron chi connectivity index (χ2n) is 8.05. The van der Waals surface area contributed by atoms with Gasteiger partial charge >= 0.3 is 5.63 Å². The standard InChI is InChI=1S/C23H24N2O4S/c26-23-14-18(21-12-16-4-3-5-17(16)13-22(21)29-23)15-24-19-6-8-20(9-7-19)30(27,28)25-10-1-2-11-25/h6-9,12-14,24H,1-5,10-11,15H2. The minimum Gasteiger partial charge on any atom is -0.423 e. The molecular formula is C23H24N2O4S. The van der Waals surface area contributed by atoms with E-state index in [2.05, 4.69) is 11.4 Å². The van der Waals surface area contributed by atoms with Crippen LogP contribution in [-0.2, 0) is 29.4 Å². The summed E-state index contributed by atoms with van der Waals surface area (Å²) in [7, 11) is -3.41. The molecule has 1 aromatic heterocycles. The third-order valence-corrected chi connectivity index (χ3v) is 8.00. The van der Waals surface area contributed by atoms with Crippen molar-refractivity contribution >= 4 is 26.7 Å². The molecule has 7 heteroatoms. The summed E-state index contributed by atoms with van der Waals surface area (Å²) >= 11 is 0. The van der Waals surface area contributed by atoms with Gasteiger partial charge in [-0.1, -0.05) is 0 Å². The van der Waals surface area contributed by atoms with Crippen LogP contribution in [0.4, 0.5) is 5.69 Å². The molecule has 5 rings (SSSR count). The molecule has 0 bridgehead atoms. The molecule has 0 amide bonds. The Bertz CT molecular complexity index is 1260. The van der Waals surface area contributed by atoms with Crippen molar-refractivity contribution in [1.29, 1.82) is 0 Å². The predicted molar refractivity (Wildman–Crippen MR) is 116 cm³/mol. The van der Waals surface area contributed by atoms with Gasteiger partial charge in [-0.15, -0.1) is 0 Å². The van der Waals surface area contributed by atoms with Crippen molar-refractivity contribution in [2.45, 2.75) is 43.5 Å². The van der Waals surface area contributed by atoms with Crippen LogP contribution in [0.25, 0.3) is 11.0 Å². The lowest BCUT2D eigenvalue weighted by atomic mass is 10.0. The van der Waals surface area contributed by atoms with Crippen molar-refractivity contribution in [3.8, 4) is 0 Å². The zero-order valence-electron chi connectivity index (χ0n) is 16.7. The van der Waals surface area contributed by atoms with Gasteiger partial charge in [-0.25, -0.2) is 13.2 Å². The number of aryl methyl sites for hydroxylation is 2. The maximum atomic E-state index is 12.7. The Morgan fingerprint density at radius 1 is 0.933 bits per heavy atom. The Kier molecular flexibility index (Phi) is 4.87. The van der Waals surface area contributed by atoms with Gasteiger partial charge in [0.25, 0.3) is 0 Å². The summed E-state index contributed by atoms with van der Waals surface area (Å²) in [4.78, 5) is 12.3. The summed E-state index contributed by atoms with van der Waals surface area (Å²) in [6.45, 7) is 1.64. The van der Waals surface area contributed by atoms with Gasteiger partial charge in [0.1, 0.15) is 5.58 Å². The van der Waals surface area contributed by atoms with Crippen molar-refractivity contribution < 1.29 is 12.8 Å². The number of hydrogen-bond donors (Lipinski definition) is 1. The molecule has 1 aliphatic carbocycles. The molecule has 2 aliphatic rings. The molecule has 2 heterocycles. The van der Waals surface area contributed by atoms with Crippen LogP contribution in [0.5, 0.6) is 0 Å². The maximum absolute atomic E-state index is 12.7. The molecule has 0 atom stereocenters. The van der Waals surface area contributed by atoms with E-state index < -0.39 is 10.0 Å². The average molecular weight is 425 g/mol. The second-order valence-corrected chi connectivity index (χ2v) is 9.99. The lowest BCUT2D eigenvalue weighted by Crippen LogP contribution is -2.27. The van der Waals surface area contributed by atoms with E-state index in [4.69, 9.17) is 4.42 Å². The summed E-state index contributed by atoms with van der Waals surface area (Å²) in [6.07, 6.45) is 5.06. The molecule has 156 valence electrons. The van der Waals surface area contributed by atoms with Crippen LogP contribution in [0.1, 0.15) is 36.0 Å². The summed E-state index contributed by atoms with van der Waals surface area (Å²) in [5, 5.41) is 4.26. The number of rotatable bonds is 5. The van der Waals surface area contributed by atoms with E-state index >= 15 is 0 Å². The highest BCUT2D eigenvalue weighted by atomic mass is 32.2. The minimum absolute atomic E-state index is 0.316. The van der Waals surface area contributed by atoms with Crippen LogP contribution in [0.3, 0.4) is 0 Å². The van der Waals surface area contributed by atoms with Crippen LogP contribution in [0.15, 0.2) is 56.6 Å². The molecule has 1 aliphatic heterocycles. The molecule has 30 heavy (non-hydrogen) atoms. The van der Waals surface area contributed by atoms with Gasteiger partial charge in [0.05, 0.1) is 4.90 Å². The highest BCUT2D eigenvalue weighted by Gasteiger charge is 2.26. The molecule has 2 aromatic carbocycles. The monoisotopic (exact) mass is 424 g/mol. The minimum atomic E-state index is -3.41. The largest absolute Gasteiger partial charge is 0.423 e. The molecule has 1 fully saturated rings. The summed E-state index contributed by atoms with van der Waals surface area (Å²) in [6, 6.07) is 12.5. The molecule has 0 spiro atoms. The van der Waals surface area contributed by atoms with Crippen LogP contribution in [-0.4, -0.2) is 25.8 Å². The van der Waals surface area contributed by atoms with Gasteiger partial charge in [0.2, 0.25) is 10.0 Å². The molecule has 0 unspecified atom stereocenters. The van der Waals surface area contributed by atoms with E-state index in [0.717, 1.165) is 48.7 Å². The molecule has 1 saturated heterocycles. The number of benzene rings is 2. The molecule has 0 saturated carbocycles. The molecular weight excluding hydrogens is 400 g/mol. The quantitative estimate of drug-likeness (QED) is 0.632. The number of fused-ring (bicyclic) bond motifs is 2. The van der Waals surface area contributed by atoms with E-state index in [1.54, 1.807) is 28.6 Å². The summed E-state index contributed by atoms with van der Waals surface area (Å²) in [5.74, 6) is 0. The van der Waals surface area contributed by atoms with Crippen LogP contribution < -0.4 is 10.9 Å². The lowest BCUT2D eigenvalue weighted by molar-refractivity contribution is 0.477. The van der Waals surface area contributed by atoms with Gasteiger partial charge < -0.3 is 9.73 Å². The Labute approximate surface area is 175 Å². The fourth-order valence-electron chi connectivity index (χ4n) is 4.46. The Balaban J connectivity index is 1.37. The highest BCUT2D eigenvalue weighted by molar-refractivity contribution is 7.89. The predicted octanol–water partition coefficient (Wildman–Crippen LogP) is 3.68. The fourth-order valence-corrected chi connectivity index (χ4v) is 5.98. The number of nitrogens with one attached hydrogen (secondary N) is 1. The van der Waals surface area contributed by atoms with Crippen molar-refractivity contribution in [1.82, 2.24) is 4.31 Å². The molecule has 3 aromatic rings. The third-order valence-electron chi connectivity index (χ3n) is 6.08. The van der Waals surface area contributed by atoms with E-state index in [9.17, 15) is 13.2 Å². The SMILES string of the molecule is O=c1cc(CNc2ccc(S(=O)(=O)N3CCCC3)cc2)c2cc3c(cc2o1)CCC3. The Morgan fingerprint density at radius 3 is 2.37 bits per heavy atom. The van der Waals surface area contributed by atoms with Gasteiger partial charge in [-0.05, 0) is 85.2 Å². The first kappa shape index (κ1) is 19.3. The fraction of sp³-hybridized carbons (Fsp3) is 0.348. The first-order valence-electron chi connectivity index (χ1n) is 10.4. The van der Waals surface area contributed by atoms with E-state index in [1.807, 2.05) is 6.07 Å². The normalized spacial score (nSPS) is 16.8. The smallest absolute Gasteiger partial charge is 0.336 e. The number of hydrogen-bond acceptors (Lipinski definition) is 5. The summed E-state index contributed by atoms with van der Waals surface area (Å²) < 4.78 is 32.3. The Morgan fingerprint density at radius 2 is 1.63 bits per heavy atom. The first-order chi connectivity index (χ1) is 14.5. The Hall–Kier alpha value is -2.64. The van der Waals surface area contributed by atoms with Gasteiger partial charge in [-0.3, -0.25) is 0 Å². The second kappa shape index (κ2) is 7.56. The van der Waals surface area contributed by atoms with Crippen molar-refractivity contribution in [2.24, 2.45) is 0 Å². The van der Waals surface area contributed by atoms with E-state index in [-0.39, 0.29) is 5.63 Å². The maximum Gasteiger partial charge on any atom is 0.336 e. The number of sulfonamides is 1. The number of anilines is 1. The van der Waals surface area contributed by atoms with Crippen LogP contribution in [0, 0.1) is 0 Å². The van der Waals surface area contributed by atoms with Gasteiger partial charge in [0, 0.05) is 36.8 Å². The van der Waals surface area contributed by atoms with Crippen LogP contribution in [0.2, 0.25) is 0 Å². The topological polar surface area (TPSA) is 79.6 Å². The first-order valence-corrected chi connectivity index (χ1v) is 11.9. The molecule has 0 radical (unpaired) electrons.